The Morgan fingerprint density at radius 3 is 1.91 bits per heavy atom. The van der Waals surface area contributed by atoms with Crippen LogP contribution in [-0.4, -0.2) is 58.9 Å². The van der Waals surface area contributed by atoms with Crippen molar-refractivity contribution >= 4 is 37.6 Å². The van der Waals surface area contributed by atoms with Crippen molar-refractivity contribution < 1.29 is 32.0 Å². The molecule has 1 rings (SSSR count). The molecule has 1 aromatic carbocycles. The lowest BCUT2D eigenvalue weighted by atomic mass is 10.1. The van der Waals surface area contributed by atoms with Gasteiger partial charge in [0.2, 0.25) is 5.76 Å². The summed E-state index contributed by atoms with van der Waals surface area (Å²) in [5.41, 5.74) is 1.02. The van der Waals surface area contributed by atoms with Crippen molar-refractivity contribution in [1.29, 1.82) is 0 Å². The third-order valence-corrected chi connectivity index (χ3v) is 11.9. The van der Waals surface area contributed by atoms with Crippen molar-refractivity contribution in [2.45, 2.75) is 72.2 Å². The van der Waals surface area contributed by atoms with Gasteiger partial charge in [0.15, 0.2) is 22.4 Å². The van der Waals surface area contributed by atoms with Crippen LogP contribution in [0.2, 0.25) is 39.3 Å². The SMILES string of the molecule is COC(C(=O)OC(CC(C)C)[Si](O[Si](C)(C)C)O[Si](C)(C)C)=C(OC)c1cccc(C)c1OC. The average Bonchev–Trinajstić information content (AvgIpc) is 2.68. The summed E-state index contributed by atoms with van der Waals surface area (Å²) in [5.74, 6) is 0.496. The smallest absolute Gasteiger partial charge is 0.407 e. The Labute approximate surface area is 209 Å². The highest BCUT2D eigenvalue weighted by Crippen LogP contribution is 2.32. The summed E-state index contributed by atoms with van der Waals surface area (Å²) in [7, 11) is -1.31. The number of esters is 1. The molecule has 1 atom stereocenters. The van der Waals surface area contributed by atoms with Gasteiger partial charge >= 0.3 is 15.3 Å². The lowest BCUT2D eigenvalue weighted by Crippen LogP contribution is -2.51. The molecule has 0 amide bonds. The van der Waals surface area contributed by atoms with Crippen LogP contribution in [0.25, 0.3) is 5.76 Å². The van der Waals surface area contributed by atoms with Gasteiger partial charge in [0, 0.05) is 0 Å². The molecule has 0 saturated heterocycles. The van der Waals surface area contributed by atoms with Crippen LogP contribution in [0.4, 0.5) is 0 Å². The van der Waals surface area contributed by atoms with E-state index < -0.39 is 37.6 Å². The lowest BCUT2D eigenvalue weighted by Gasteiger charge is -2.34. The van der Waals surface area contributed by atoms with Gasteiger partial charge in [0.1, 0.15) is 11.5 Å². The Morgan fingerprint density at radius 2 is 1.50 bits per heavy atom. The highest BCUT2D eigenvalue weighted by molar-refractivity contribution is 6.81. The number of carbonyl (C=O) groups excluding carboxylic acids is 1. The molecule has 0 saturated carbocycles. The summed E-state index contributed by atoms with van der Waals surface area (Å²) < 4.78 is 35.7. The van der Waals surface area contributed by atoms with Crippen molar-refractivity contribution in [3.8, 4) is 5.75 Å². The second-order valence-corrected chi connectivity index (χ2v) is 21.9. The van der Waals surface area contributed by atoms with Crippen molar-refractivity contribution in [3.63, 3.8) is 0 Å². The van der Waals surface area contributed by atoms with Crippen LogP contribution in [-0.2, 0) is 27.2 Å². The average molecular weight is 528 g/mol. The van der Waals surface area contributed by atoms with Gasteiger partial charge in [-0.1, -0.05) is 26.0 Å². The zero-order valence-electron chi connectivity index (χ0n) is 23.0. The fourth-order valence-electron chi connectivity index (χ4n) is 3.26. The molecule has 10 heteroatoms. The molecule has 0 aliphatic heterocycles. The quantitative estimate of drug-likeness (QED) is 0.142. The summed E-state index contributed by atoms with van der Waals surface area (Å²) in [6.07, 6.45) is 0.627. The summed E-state index contributed by atoms with van der Waals surface area (Å²) in [6, 6.07) is 5.62. The van der Waals surface area contributed by atoms with E-state index in [1.807, 2.05) is 25.1 Å². The molecule has 1 aromatic rings. The number of para-hydroxylation sites is 1. The number of ether oxygens (including phenoxy) is 4. The highest BCUT2D eigenvalue weighted by Gasteiger charge is 2.40. The molecule has 0 bridgehead atoms. The summed E-state index contributed by atoms with van der Waals surface area (Å²) in [5, 5.41) is 0. The van der Waals surface area contributed by atoms with E-state index >= 15 is 0 Å². The predicted molar refractivity (Wildman–Crippen MR) is 143 cm³/mol. The van der Waals surface area contributed by atoms with Crippen molar-refractivity contribution in [3.05, 3.63) is 35.1 Å². The topological polar surface area (TPSA) is 72.5 Å². The molecule has 1 radical (unpaired) electrons. The van der Waals surface area contributed by atoms with Gasteiger partial charge in [-0.05, 0) is 70.2 Å². The van der Waals surface area contributed by atoms with Crippen LogP contribution in [0, 0.1) is 12.8 Å². The molecular weight excluding hydrogens is 485 g/mol. The summed E-state index contributed by atoms with van der Waals surface area (Å²) >= 11 is 0. The van der Waals surface area contributed by atoms with E-state index in [2.05, 4.69) is 53.1 Å². The van der Waals surface area contributed by atoms with Crippen LogP contribution >= 0.6 is 0 Å². The van der Waals surface area contributed by atoms with Crippen LogP contribution in [0.15, 0.2) is 24.0 Å². The zero-order valence-corrected chi connectivity index (χ0v) is 26.0. The lowest BCUT2D eigenvalue weighted by molar-refractivity contribution is -0.146. The molecule has 34 heavy (non-hydrogen) atoms. The number of rotatable bonds is 13. The Hall–Kier alpha value is -1.60. The van der Waals surface area contributed by atoms with E-state index in [-0.39, 0.29) is 17.4 Å². The molecule has 0 spiro atoms. The minimum atomic E-state index is -1.95. The molecule has 193 valence electrons. The molecule has 0 aliphatic rings. The maximum Gasteiger partial charge on any atom is 0.407 e. The first-order chi connectivity index (χ1) is 15.6. The maximum absolute atomic E-state index is 13.5. The van der Waals surface area contributed by atoms with Crippen molar-refractivity contribution in [2.75, 3.05) is 21.3 Å². The Balaban J connectivity index is 3.47. The van der Waals surface area contributed by atoms with Gasteiger partial charge in [-0.15, -0.1) is 0 Å². The highest BCUT2D eigenvalue weighted by atomic mass is 28.4. The van der Waals surface area contributed by atoms with Gasteiger partial charge in [0.25, 0.3) is 0 Å². The number of benzene rings is 1. The number of aryl methyl sites for hydroxylation is 1. The molecule has 7 nitrogen and oxygen atoms in total. The van der Waals surface area contributed by atoms with Crippen molar-refractivity contribution in [1.82, 2.24) is 0 Å². The summed E-state index contributed by atoms with van der Waals surface area (Å²) in [6.45, 7) is 18.8. The Bertz CT molecular complexity index is 826. The fourth-order valence-corrected chi connectivity index (χ4v) is 10.5. The van der Waals surface area contributed by atoms with Gasteiger partial charge in [-0.2, -0.15) is 0 Å². The van der Waals surface area contributed by atoms with Gasteiger partial charge in [-0.25, -0.2) is 4.79 Å². The van der Waals surface area contributed by atoms with E-state index in [1.54, 1.807) is 7.11 Å². The first-order valence-electron chi connectivity index (χ1n) is 11.6. The molecular formula is C24H43O7Si3. The molecule has 0 heterocycles. The third-order valence-electron chi connectivity index (χ3n) is 4.47. The van der Waals surface area contributed by atoms with Gasteiger partial charge < -0.3 is 27.2 Å². The second kappa shape index (κ2) is 12.9. The number of carbonyl (C=O) groups is 1. The third kappa shape index (κ3) is 9.57. The van der Waals surface area contributed by atoms with Crippen LogP contribution in [0.5, 0.6) is 5.75 Å². The molecule has 0 N–H and O–H groups in total. The van der Waals surface area contributed by atoms with Crippen LogP contribution < -0.4 is 4.74 Å². The minimum absolute atomic E-state index is 0.0255. The molecule has 0 aliphatic carbocycles. The number of hydrogen-bond donors (Lipinski definition) is 0. The maximum atomic E-state index is 13.5. The Kier molecular flexibility index (Phi) is 11.6. The summed E-state index contributed by atoms with van der Waals surface area (Å²) in [4.78, 5) is 13.5. The first-order valence-corrected chi connectivity index (χ1v) is 19.8. The van der Waals surface area contributed by atoms with E-state index in [0.29, 0.717) is 17.7 Å². The second-order valence-electron chi connectivity index (χ2n) is 10.5. The van der Waals surface area contributed by atoms with Crippen LogP contribution in [0.1, 0.15) is 31.4 Å². The normalized spacial score (nSPS) is 14.1. The fraction of sp³-hybridized carbons (Fsp3) is 0.625. The minimum Gasteiger partial charge on any atom is -0.496 e. The Morgan fingerprint density at radius 1 is 0.941 bits per heavy atom. The largest absolute Gasteiger partial charge is 0.496 e. The molecule has 0 fully saturated rings. The number of methoxy groups -OCH3 is 3. The first kappa shape index (κ1) is 30.4. The van der Waals surface area contributed by atoms with E-state index in [9.17, 15) is 4.79 Å². The predicted octanol–water partition coefficient (Wildman–Crippen LogP) is 5.65. The molecule has 0 aromatic heterocycles. The van der Waals surface area contributed by atoms with Gasteiger partial charge in [0.05, 0.1) is 26.9 Å². The standard InChI is InChI=1S/C24H43O7Si3/c1-17(2)16-20(32(30-33(7,8)9)31-34(10,11)12)29-24(25)23(28-6)22(27-5)19-15-13-14-18(3)21(19)26-4/h13-15,17,20H,16H2,1-12H3. The van der Waals surface area contributed by atoms with Gasteiger partial charge in [-0.3, -0.25) is 0 Å². The molecule has 1 unspecified atom stereocenters. The monoisotopic (exact) mass is 527 g/mol. The van der Waals surface area contributed by atoms with E-state index in [4.69, 9.17) is 27.2 Å². The van der Waals surface area contributed by atoms with Crippen LogP contribution in [0.3, 0.4) is 0 Å². The van der Waals surface area contributed by atoms with Crippen molar-refractivity contribution in [2.24, 2.45) is 5.92 Å². The van der Waals surface area contributed by atoms with E-state index in [1.165, 1.54) is 14.2 Å². The zero-order chi connectivity index (χ0) is 26.3. The number of hydrogen-bond acceptors (Lipinski definition) is 7. The van der Waals surface area contributed by atoms with E-state index in [0.717, 1.165) is 5.56 Å².